The number of nitrogens with one attached hydrogen (secondary N) is 2. The SMILES string of the molecule is CCCc1cccc(-c2cccc(C3=NC4(CCN(S(=O)(=O)/C=C/c5c(C)cc(NC)cc5C)CC4)C(=O)N3)c2)c1. The zero-order valence-electron chi connectivity index (χ0n) is 24.2. The average molecular weight is 571 g/mol. The number of anilines is 1. The van der Waals surface area contributed by atoms with Gasteiger partial charge in [0.2, 0.25) is 10.0 Å². The number of hydrogen-bond donors (Lipinski definition) is 2. The summed E-state index contributed by atoms with van der Waals surface area (Å²) in [6.07, 6.45) is 4.47. The number of carbonyl (C=O) groups is 1. The number of amides is 1. The predicted octanol–water partition coefficient (Wildman–Crippen LogP) is 5.68. The van der Waals surface area contributed by atoms with Crippen LogP contribution < -0.4 is 10.6 Å². The Morgan fingerprint density at radius 3 is 2.27 bits per heavy atom. The van der Waals surface area contributed by atoms with Crippen molar-refractivity contribution >= 4 is 33.5 Å². The molecule has 1 spiro atoms. The molecule has 214 valence electrons. The van der Waals surface area contributed by atoms with E-state index in [1.165, 1.54) is 15.3 Å². The summed E-state index contributed by atoms with van der Waals surface area (Å²) in [6.45, 7) is 6.58. The van der Waals surface area contributed by atoms with Gasteiger partial charge >= 0.3 is 0 Å². The quantitative estimate of drug-likeness (QED) is 0.365. The molecule has 0 radical (unpaired) electrons. The number of carbonyl (C=O) groups excluding carboxylic acids is 1. The third-order valence-corrected chi connectivity index (χ3v) is 9.68. The molecule has 1 fully saturated rings. The van der Waals surface area contributed by atoms with E-state index in [1.54, 1.807) is 6.08 Å². The second-order valence-electron chi connectivity index (χ2n) is 11.0. The van der Waals surface area contributed by atoms with Crippen molar-refractivity contribution in [3.8, 4) is 11.1 Å². The maximum Gasteiger partial charge on any atom is 0.253 e. The zero-order chi connectivity index (χ0) is 29.2. The molecular formula is C33H38N4O3S. The van der Waals surface area contributed by atoms with Crippen molar-refractivity contribution in [1.29, 1.82) is 0 Å². The summed E-state index contributed by atoms with van der Waals surface area (Å²) in [5.41, 5.74) is 7.29. The summed E-state index contributed by atoms with van der Waals surface area (Å²) in [5.74, 6) is 0.389. The van der Waals surface area contributed by atoms with E-state index in [9.17, 15) is 13.2 Å². The van der Waals surface area contributed by atoms with Crippen LogP contribution in [0.5, 0.6) is 0 Å². The third kappa shape index (κ3) is 5.99. The van der Waals surface area contributed by atoms with E-state index < -0.39 is 15.6 Å². The van der Waals surface area contributed by atoms with Gasteiger partial charge < -0.3 is 10.6 Å². The van der Waals surface area contributed by atoms with Crippen molar-refractivity contribution in [3.05, 3.63) is 93.9 Å². The molecule has 41 heavy (non-hydrogen) atoms. The highest BCUT2D eigenvalue weighted by atomic mass is 32.2. The highest BCUT2D eigenvalue weighted by molar-refractivity contribution is 7.92. The Morgan fingerprint density at radius 2 is 1.61 bits per heavy atom. The van der Waals surface area contributed by atoms with Gasteiger partial charge in [-0.15, -0.1) is 0 Å². The van der Waals surface area contributed by atoms with Gasteiger partial charge in [0.25, 0.3) is 5.91 Å². The van der Waals surface area contributed by atoms with E-state index >= 15 is 0 Å². The summed E-state index contributed by atoms with van der Waals surface area (Å²) in [5, 5.41) is 7.39. The molecule has 0 aliphatic carbocycles. The summed E-state index contributed by atoms with van der Waals surface area (Å²) in [6, 6.07) is 20.6. The normalized spacial score (nSPS) is 17.2. The maximum atomic E-state index is 13.2. The second kappa shape index (κ2) is 11.6. The van der Waals surface area contributed by atoms with Crippen LogP contribution in [-0.2, 0) is 21.2 Å². The lowest BCUT2D eigenvalue weighted by Gasteiger charge is -2.34. The number of aryl methyl sites for hydroxylation is 3. The van der Waals surface area contributed by atoms with E-state index in [0.29, 0.717) is 18.7 Å². The van der Waals surface area contributed by atoms with Gasteiger partial charge in [-0.25, -0.2) is 8.42 Å². The molecule has 1 amide bonds. The van der Waals surface area contributed by atoms with Gasteiger partial charge in [-0.3, -0.25) is 9.79 Å². The van der Waals surface area contributed by atoms with Crippen LogP contribution in [-0.4, -0.2) is 50.1 Å². The Hall–Kier alpha value is -3.75. The van der Waals surface area contributed by atoms with Crippen LogP contribution in [0, 0.1) is 13.8 Å². The standard InChI is InChI=1S/C33H38N4O3S/c1-5-8-25-9-6-10-26(21-25)27-11-7-12-28(22-27)31-35-32(38)33(36-31)14-16-37(17-15-33)41(39,40)18-13-30-23(2)19-29(34-4)20-24(30)3/h6-7,9-13,18-22,34H,5,8,14-17H2,1-4H3,(H,35,36,38)/b18-13+. The molecule has 1 saturated heterocycles. The van der Waals surface area contributed by atoms with E-state index in [-0.39, 0.29) is 19.0 Å². The van der Waals surface area contributed by atoms with Gasteiger partial charge in [0, 0.05) is 36.8 Å². The van der Waals surface area contributed by atoms with Crippen LogP contribution in [0.2, 0.25) is 0 Å². The van der Waals surface area contributed by atoms with Crippen LogP contribution in [0.15, 0.2) is 71.1 Å². The van der Waals surface area contributed by atoms with Crippen molar-refractivity contribution in [2.75, 3.05) is 25.5 Å². The smallest absolute Gasteiger partial charge is 0.253 e. The molecule has 8 heteroatoms. The van der Waals surface area contributed by atoms with Crippen LogP contribution in [0.4, 0.5) is 5.69 Å². The third-order valence-electron chi connectivity index (χ3n) is 8.11. The van der Waals surface area contributed by atoms with Gasteiger partial charge in [-0.2, -0.15) is 4.31 Å². The molecule has 2 aliphatic rings. The van der Waals surface area contributed by atoms with Crippen LogP contribution in [0.25, 0.3) is 17.2 Å². The lowest BCUT2D eigenvalue weighted by atomic mass is 9.89. The van der Waals surface area contributed by atoms with Gasteiger partial charge in [0.05, 0.1) is 0 Å². The fourth-order valence-electron chi connectivity index (χ4n) is 5.77. The molecule has 3 aromatic rings. The first kappa shape index (κ1) is 28.8. The van der Waals surface area contributed by atoms with E-state index in [2.05, 4.69) is 54.0 Å². The predicted molar refractivity (Wildman–Crippen MR) is 168 cm³/mol. The Kier molecular flexibility index (Phi) is 8.16. The first-order chi connectivity index (χ1) is 19.6. The van der Waals surface area contributed by atoms with Crippen LogP contribution in [0.3, 0.4) is 0 Å². The van der Waals surface area contributed by atoms with E-state index in [0.717, 1.165) is 51.9 Å². The van der Waals surface area contributed by atoms with Gasteiger partial charge in [-0.1, -0.05) is 55.8 Å². The average Bonchev–Trinajstić information content (AvgIpc) is 3.28. The Morgan fingerprint density at radius 1 is 0.976 bits per heavy atom. The Labute approximate surface area is 243 Å². The first-order valence-corrected chi connectivity index (χ1v) is 15.7. The van der Waals surface area contributed by atoms with Crippen LogP contribution in [0.1, 0.15) is 54.0 Å². The molecular weight excluding hydrogens is 532 g/mol. The molecule has 0 bridgehead atoms. The molecule has 0 saturated carbocycles. The van der Waals surface area contributed by atoms with Crippen molar-refractivity contribution in [2.24, 2.45) is 4.99 Å². The van der Waals surface area contributed by atoms with E-state index in [1.807, 2.05) is 45.2 Å². The zero-order valence-corrected chi connectivity index (χ0v) is 25.0. The minimum absolute atomic E-state index is 0.161. The highest BCUT2D eigenvalue weighted by Gasteiger charge is 2.47. The molecule has 2 aliphatic heterocycles. The molecule has 3 aromatic carbocycles. The summed E-state index contributed by atoms with van der Waals surface area (Å²) >= 11 is 0. The fraction of sp³-hybridized carbons (Fsp3) is 0.333. The summed E-state index contributed by atoms with van der Waals surface area (Å²) < 4.78 is 27.9. The number of sulfonamides is 1. The van der Waals surface area contributed by atoms with Crippen molar-refractivity contribution < 1.29 is 13.2 Å². The molecule has 7 nitrogen and oxygen atoms in total. The number of benzene rings is 3. The molecule has 2 heterocycles. The van der Waals surface area contributed by atoms with E-state index in [4.69, 9.17) is 4.99 Å². The fourth-order valence-corrected chi connectivity index (χ4v) is 6.94. The monoisotopic (exact) mass is 570 g/mol. The number of nitrogens with zero attached hydrogens (tertiary/aromatic N) is 2. The molecule has 5 rings (SSSR count). The Balaban J connectivity index is 1.31. The van der Waals surface area contributed by atoms with Crippen molar-refractivity contribution in [1.82, 2.24) is 9.62 Å². The second-order valence-corrected chi connectivity index (χ2v) is 12.8. The lowest BCUT2D eigenvalue weighted by Crippen LogP contribution is -2.50. The molecule has 2 N–H and O–H groups in total. The first-order valence-electron chi connectivity index (χ1n) is 14.2. The highest BCUT2D eigenvalue weighted by Crippen LogP contribution is 2.33. The topological polar surface area (TPSA) is 90.9 Å². The lowest BCUT2D eigenvalue weighted by molar-refractivity contribution is -0.124. The minimum Gasteiger partial charge on any atom is -0.388 e. The van der Waals surface area contributed by atoms with Crippen molar-refractivity contribution in [3.63, 3.8) is 0 Å². The van der Waals surface area contributed by atoms with Gasteiger partial charge in [0.1, 0.15) is 11.4 Å². The van der Waals surface area contributed by atoms with Crippen molar-refractivity contribution in [2.45, 2.75) is 52.0 Å². The van der Waals surface area contributed by atoms with Gasteiger partial charge in [-0.05, 0) is 90.8 Å². The number of rotatable bonds is 8. The van der Waals surface area contributed by atoms with Gasteiger partial charge in [0.15, 0.2) is 0 Å². The molecule has 0 atom stereocenters. The largest absolute Gasteiger partial charge is 0.388 e. The number of piperidine rings is 1. The summed E-state index contributed by atoms with van der Waals surface area (Å²) in [4.78, 5) is 18.1. The number of hydrogen-bond acceptors (Lipinski definition) is 5. The number of amidine groups is 1. The minimum atomic E-state index is -3.65. The molecule has 0 aromatic heterocycles. The van der Waals surface area contributed by atoms with Crippen LogP contribution >= 0.6 is 0 Å². The number of aliphatic imine (C=N–C) groups is 1. The maximum absolute atomic E-state index is 13.2. The molecule has 0 unspecified atom stereocenters. The Bertz CT molecular complexity index is 1610. The summed E-state index contributed by atoms with van der Waals surface area (Å²) in [7, 11) is -1.79.